The van der Waals surface area contributed by atoms with E-state index in [0.717, 1.165) is 49.3 Å². The molecule has 0 aliphatic carbocycles. The van der Waals surface area contributed by atoms with Crippen molar-refractivity contribution in [2.45, 2.75) is 25.2 Å². The molecule has 1 fully saturated rings. The van der Waals surface area contributed by atoms with Crippen LogP contribution in [0.15, 0.2) is 36.8 Å². The maximum Gasteiger partial charge on any atom is 0.222 e. The number of amides is 1. The molecule has 2 aromatic heterocycles. The summed E-state index contributed by atoms with van der Waals surface area (Å²) in [6.45, 7) is 2.59. The molecule has 0 radical (unpaired) electrons. The highest BCUT2D eigenvalue weighted by molar-refractivity contribution is 5.90. The maximum atomic E-state index is 11.9. The van der Waals surface area contributed by atoms with Gasteiger partial charge < -0.3 is 9.80 Å². The number of hydrogen-bond donors (Lipinski definition) is 1. The standard InChI is InChI=1S/C19H20N6O/c26-17-6-3-8-24(17)9-7-13-11-25(16-5-2-1-4-14(13)16)19-15-10-22-23-18(15)20-12-21-19/h1-2,4-5,10,12-13H,3,6-9,11H2,(H,20,21,22,23). The molecule has 1 N–H and O–H groups in total. The fourth-order valence-corrected chi connectivity index (χ4v) is 4.16. The number of para-hydroxylation sites is 1. The van der Waals surface area contributed by atoms with Gasteiger partial charge in [0.25, 0.3) is 0 Å². The lowest BCUT2D eigenvalue weighted by Gasteiger charge is -2.20. The maximum absolute atomic E-state index is 11.9. The van der Waals surface area contributed by atoms with Gasteiger partial charge in [-0.1, -0.05) is 18.2 Å². The summed E-state index contributed by atoms with van der Waals surface area (Å²) in [6, 6.07) is 8.49. The van der Waals surface area contributed by atoms with Crippen molar-refractivity contribution in [2.24, 2.45) is 0 Å². The molecular weight excluding hydrogens is 328 g/mol. The number of hydrogen-bond acceptors (Lipinski definition) is 5. The van der Waals surface area contributed by atoms with Crippen LogP contribution in [0.25, 0.3) is 11.0 Å². The smallest absolute Gasteiger partial charge is 0.222 e. The number of carbonyl (C=O) groups excluding carboxylic acids is 1. The number of carbonyl (C=O) groups is 1. The van der Waals surface area contributed by atoms with E-state index in [-0.39, 0.29) is 0 Å². The number of aromatic amines is 1. The van der Waals surface area contributed by atoms with Crippen LogP contribution < -0.4 is 4.90 Å². The van der Waals surface area contributed by atoms with Crippen LogP contribution in [-0.4, -0.2) is 50.6 Å². The summed E-state index contributed by atoms with van der Waals surface area (Å²) >= 11 is 0. The minimum absolute atomic E-state index is 0.295. The Morgan fingerprint density at radius 2 is 2.15 bits per heavy atom. The first-order chi connectivity index (χ1) is 12.8. The third kappa shape index (κ3) is 2.42. The lowest BCUT2D eigenvalue weighted by Crippen LogP contribution is -2.27. The largest absolute Gasteiger partial charge is 0.343 e. The van der Waals surface area contributed by atoms with E-state index < -0.39 is 0 Å². The van der Waals surface area contributed by atoms with Crippen LogP contribution in [0.2, 0.25) is 0 Å². The van der Waals surface area contributed by atoms with Gasteiger partial charge in [-0.3, -0.25) is 9.89 Å². The molecule has 2 aliphatic rings. The Morgan fingerprint density at radius 3 is 3.04 bits per heavy atom. The molecule has 1 unspecified atom stereocenters. The molecule has 1 aromatic carbocycles. The van der Waals surface area contributed by atoms with Crippen LogP contribution in [0.4, 0.5) is 11.5 Å². The predicted molar refractivity (Wildman–Crippen MR) is 98.3 cm³/mol. The second-order valence-corrected chi connectivity index (χ2v) is 6.97. The first kappa shape index (κ1) is 15.3. The number of H-pyrrole nitrogens is 1. The number of anilines is 2. The lowest BCUT2D eigenvalue weighted by atomic mass is 9.98. The van der Waals surface area contributed by atoms with Crippen LogP contribution in [0, 0.1) is 0 Å². The normalized spacial score (nSPS) is 19.5. The molecule has 5 rings (SSSR count). The average molecular weight is 348 g/mol. The Kier molecular flexibility index (Phi) is 3.58. The number of benzene rings is 1. The zero-order chi connectivity index (χ0) is 17.5. The molecule has 2 aliphatic heterocycles. The molecule has 1 amide bonds. The van der Waals surface area contributed by atoms with Gasteiger partial charge in [0.05, 0.1) is 11.6 Å². The quantitative estimate of drug-likeness (QED) is 0.784. The first-order valence-electron chi connectivity index (χ1n) is 9.09. The van der Waals surface area contributed by atoms with Gasteiger partial charge in [0, 0.05) is 37.7 Å². The van der Waals surface area contributed by atoms with Gasteiger partial charge in [-0.15, -0.1) is 0 Å². The number of nitrogens with zero attached hydrogens (tertiary/aromatic N) is 5. The third-order valence-corrected chi connectivity index (χ3v) is 5.47. The molecule has 0 saturated carbocycles. The molecule has 3 aromatic rings. The number of likely N-dealkylation sites (tertiary alicyclic amines) is 1. The highest BCUT2D eigenvalue weighted by Crippen LogP contribution is 2.43. The molecule has 132 valence electrons. The number of rotatable bonds is 4. The summed E-state index contributed by atoms with van der Waals surface area (Å²) in [4.78, 5) is 25.0. The van der Waals surface area contributed by atoms with Crippen molar-refractivity contribution in [1.82, 2.24) is 25.1 Å². The van der Waals surface area contributed by atoms with E-state index in [1.807, 2.05) is 4.90 Å². The van der Waals surface area contributed by atoms with Gasteiger partial charge in [0.1, 0.15) is 12.1 Å². The summed E-state index contributed by atoms with van der Waals surface area (Å²) in [5, 5.41) is 7.95. The zero-order valence-corrected chi connectivity index (χ0v) is 14.4. The van der Waals surface area contributed by atoms with Crippen LogP contribution in [0.3, 0.4) is 0 Å². The summed E-state index contributed by atoms with van der Waals surface area (Å²) in [5.74, 6) is 1.57. The molecule has 7 heteroatoms. The summed E-state index contributed by atoms with van der Waals surface area (Å²) < 4.78 is 0. The van der Waals surface area contributed by atoms with Crippen molar-refractivity contribution >= 4 is 28.4 Å². The van der Waals surface area contributed by atoms with Gasteiger partial charge in [-0.05, 0) is 24.5 Å². The third-order valence-electron chi connectivity index (χ3n) is 5.47. The average Bonchev–Trinajstić information content (AvgIpc) is 3.38. The second-order valence-electron chi connectivity index (χ2n) is 6.97. The fourth-order valence-electron chi connectivity index (χ4n) is 4.16. The molecule has 4 heterocycles. The van der Waals surface area contributed by atoms with E-state index in [1.54, 1.807) is 12.5 Å². The Hall–Kier alpha value is -2.96. The highest BCUT2D eigenvalue weighted by atomic mass is 16.2. The van der Waals surface area contributed by atoms with Crippen LogP contribution in [0.5, 0.6) is 0 Å². The van der Waals surface area contributed by atoms with E-state index in [2.05, 4.69) is 49.3 Å². The van der Waals surface area contributed by atoms with E-state index in [9.17, 15) is 4.79 Å². The van der Waals surface area contributed by atoms with Crippen molar-refractivity contribution in [3.05, 3.63) is 42.4 Å². The Bertz CT molecular complexity index is 967. The van der Waals surface area contributed by atoms with Gasteiger partial charge in [-0.25, -0.2) is 9.97 Å². The fraction of sp³-hybridized carbons (Fsp3) is 0.368. The van der Waals surface area contributed by atoms with Crippen molar-refractivity contribution < 1.29 is 4.79 Å². The zero-order valence-electron chi connectivity index (χ0n) is 14.4. The van der Waals surface area contributed by atoms with E-state index in [1.165, 1.54) is 11.3 Å². The molecular formula is C19H20N6O. The second kappa shape index (κ2) is 6.09. The molecule has 26 heavy (non-hydrogen) atoms. The molecule has 1 atom stereocenters. The Balaban J connectivity index is 1.45. The molecule has 0 bridgehead atoms. The van der Waals surface area contributed by atoms with Gasteiger partial charge in [0.2, 0.25) is 5.91 Å². The minimum atomic E-state index is 0.295. The van der Waals surface area contributed by atoms with Crippen molar-refractivity contribution in [3.8, 4) is 0 Å². The molecule has 1 saturated heterocycles. The van der Waals surface area contributed by atoms with Gasteiger partial charge in [-0.2, -0.15) is 5.10 Å². The Morgan fingerprint density at radius 1 is 1.23 bits per heavy atom. The van der Waals surface area contributed by atoms with Crippen molar-refractivity contribution in [2.75, 3.05) is 24.5 Å². The number of nitrogens with one attached hydrogen (secondary N) is 1. The van der Waals surface area contributed by atoms with Gasteiger partial charge in [0.15, 0.2) is 5.65 Å². The van der Waals surface area contributed by atoms with E-state index in [4.69, 9.17) is 0 Å². The lowest BCUT2D eigenvalue weighted by molar-refractivity contribution is -0.127. The van der Waals surface area contributed by atoms with Crippen LogP contribution in [0.1, 0.15) is 30.7 Å². The molecule has 0 spiro atoms. The van der Waals surface area contributed by atoms with Gasteiger partial charge >= 0.3 is 0 Å². The van der Waals surface area contributed by atoms with Crippen molar-refractivity contribution in [3.63, 3.8) is 0 Å². The monoisotopic (exact) mass is 348 g/mol. The van der Waals surface area contributed by atoms with Crippen molar-refractivity contribution in [1.29, 1.82) is 0 Å². The summed E-state index contributed by atoms with van der Waals surface area (Å²) in [7, 11) is 0. The number of fused-ring (bicyclic) bond motifs is 2. The van der Waals surface area contributed by atoms with E-state index >= 15 is 0 Å². The minimum Gasteiger partial charge on any atom is -0.343 e. The number of aromatic nitrogens is 4. The summed E-state index contributed by atoms with van der Waals surface area (Å²) in [6.07, 6.45) is 6.02. The predicted octanol–water partition coefficient (Wildman–Crippen LogP) is 2.60. The molecule has 7 nitrogen and oxygen atoms in total. The Labute approximate surface area is 151 Å². The first-order valence-corrected chi connectivity index (χ1v) is 9.09. The van der Waals surface area contributed by atoms with Crippen LogP contribution in [-0.2, 0) is 4.79 Å². The summed E-state index contributed by atoms with van der Waals surface area (Å²) in [5.41, 5.74) is 3.26. The SMILES string of the molecule is O=C1CCCN1CCC1CN(c2ncnc3[nH]ncc23)c2ccccc21. The van der Waals surface area contributed by atoms with E-state index in [0.29, 0.717) is 18.2 Å². The topological polar surface area (TPSA) is 78.0 Å². The highest BCUT2D eigenvalue weighted by Gasteiger charge is 2.32. The van der Waals surface area contributed by atoms with Crippen LogP contribution >= 0.6 is 0 Å².